The fourth-order valence-corrected chi connectivity index (χ4v) is 3.03. The molecule has 4 heteroatoms. The number of benzene rings is 1. The Hall–Kier alpha value is -1.39. The van der Waals surface area contributed by atoms with Crippen LogP contribution in [-0.4, -0.2) is 17.1 Å². The third-order valence-corrected chi connectivity index (χ3v) is 4.10. The van der Waals surface area contributed by atoms with Gasteiger partial charge in [-0.3, -0.25) is 4.79 Å². The van der Waals surface area contributed by atoms with Crippen LogP contribution in [0.4, 0.5) is 0 Å². The second kappa shape index (κ2) is 5.98. The van der Waals surface area contributed by atoms with E-state index >= 15 is 0 Å². The minimum Gasteiger partial charge on any atom is -0.480 e. The van der Waals surface area contributed by atoms with Gasteiger partial charge in [-0.15, -0.1) is 11.3 Å². The Bertz CT molecular complexity index is 535. The molecule has 2 rings (SSSR count). The zero-order valence-electron chi connectivity index (χ0n) is 10.1. The zero-order chi connectivity index (χ0) is 13.0. The average Bonchev–Trinajstić information content (AvgIpc) is 2.77. The van der Waals surface area contributed by atoms with Gasteiger partial charge in [0.2, 0.25) is 0 Å². The second-order valence-electron chi connectivity index (χ2n) is 4.45. The number of unbranched alkanes of at least 4 members (excludes halogenated alkanes) is 1. The van der Waals surface area contributed by atoms with Gasteiger partial charge in [0, 0.05) is 4.70 Å². The summed E-state index contributed by atoms with van der Waals surface area (Å²) in [6, 6.07) is 7.66. The van der Waals surface area contributed by atoms with Gasteiger partial charge >= 0.3 is 5.97 Å². The van der Waals surface area contributed by atoms with Crippen LogP contribution >= 0.6 is 11.3 Å². The highest BCUT2D eigenvalue weighted by atomic mass is 32.1. The number of thiophene rings is 1. The van der Waals surface area contributed by atoms with Crippen LogP contribution in [0.5, 0.6) is 0 Å². The maximum atomic E-state index is 10.6. The van der Waals surface area contributed by atoms with Gasteiger partial charge in [0.25, 0.3) is 0 Å². The molecule has 0 bridgehead atoms. The van der Waals surface area contributed by atoms with Gasteiger partial charge in [0.15, 0.2) is 0 Å². The van der Waals surface area contributed by atoms with Crippen molar-refractivity contribution in [3.8, 4) is 0 Å². The van der Waals surface area contributed by atoms with Gasteiger partial charge in [0.1, 0.15) is 6.04 Å². The van der Waals surface area contributed by atoms with Crippen molar-refractivity contribution in [2.75, 3.05) is 0 Å². The van der Waals surface area contributed by atoms with Crippen LogP contribution in [0.2, 0.25) is 0 Å². The maximum Gasteiger partial charge on any atom is 0.320 e. The molecule has 3 nitrogen and oxygen atoms in total. The number of fused-ring (bicyclic) bond motifs is 1. The zero-order valence-corrected chi connectivity index (χ0v) is 11.0. The van der Waals surface area contributed by atoms with E-state index in [0.717, 1.165) is 19.3 Å². The summed E-state index contributed by atoms with van der Waals surface area (Å²) in [6.45, 7) is 0. The number of hydrogen-bond donors (Lipinski definition) is 2. The minimum atomic E-state index is -0.906. The van der Waals surface area contributed by atoms with Crippen molar-refractivity contribution in [3.63, 3.8) is 0 Å². The SMILES string of the molecule is NC(CCCCc1csc2ccccc12)C(=O)O. The molecule has 18 heavy (non-hydrogen) atoms. The summed E-state index contributed by atoms with van der Waals surface area (Å²) in [5, 5.41) is 12.2. The lowest BCUT2D eigenvalue weighted by Crippen LogP contribution is -2.29. The second-order valence-corrected chi connectivity index (χ2v) is 5.36. The van der Waals surface area contributed by atoms with E-state index in [1.807, 2.05) is 0 Å². The van der Waals surface area contributed by atoms with E-state index in [0.29, 0.717) is 6.42 Å². The number of rotatable bonds is 6. The molecule has 1 aromatic carbocycles. The predicted molar refractivity (Wildman–Crippen MR) is 75.0 cm³/mol. The summed E-state index contributed by atoms with van der Waals surface area (Å²) < 4.78 is 1.31. The molecule has 1 unspecified atom stereocenters. The molecule has 1 heterocycles. The fourth-order valence-electron chi connectivity index (χ4n) is 2.03. The largest absolute Gasteiger partial charge is 0.480 e. The van der Waals surface area contributed by atoms with Crippen molar-refractivity contribution >= 4 is 27.4 Å². The molecule has 0 saturated carbocycles. The molecular weight excluding hydrogens is 246 g/mol. The number of hydrogen-bond acceptors (Lipinski definition) is 3. The molecule has 0 aliphatic carbocycles. The summed E-state index contributed by atoms with van der Waals surface area (Å²) in [7, 11) is 0. The summed E-state index contributed by atoms with van der Waals surface area (Å²) in [5.74, 6) is -0.906. The average molecular weight is 263 g/mol. The Morgan fingerprint density at radius 2 is 2.11 bits per heavy atom. The molecule has 0 saturated heterocycles. The van der Waals surface area contributed by atoms with Crippen LogP contribution in [0.1, 0.15) is 24.8 Å². The highest BCUT2D eigenvalue weighted by molar-refractivity contribution is 7.17. The van der Waals surface area contributed by atoms with Crippen molar-refractivity contribution in [3.05, 3.63) is 35.2 Å². The monoisotopic (exact) mass is 263 g/mol. The number of carbonyl (C=O) groups is 1. The smallest absolute Gasteiger partial charge is 0.320 e. The van der Waals surface area contributed by atoms with E-state index in [9.17, 15) is 4.79 Å². The normalized spacial score (nSPS) is 12.7. The number of aryl methyl sites for hydroxylation is 1. The van der Waals surface area contributed by atoms with E-state index in [1.54, 1.807) is 11.3 Å². The number of carboxylic acid groups (broad SMARTS) is 1. The molecule has 2 aromatic rings. The standard InChI is InChI=1S/C14H17NO2S/c15-12(14(16)17)7-3-1-5-10-9-18-13-8-4-2-6-11(10)13/h2,4,6,8-9,12H,1,3,5,7,15H2,(H,16,17). The predicted octanol–water partition coefficient (Wildman–Crippen LogP) is 3.03. The number of aliphatic carboxylic acids is 1. The summed E-state index contributed by atoms with van der Waals surface area (Å²) >= 11 is 1.76. The molecule has 1 atom stereocenters. The van der Waals surface area contributed by atoms with Crippen LogP contribution in [0, 0.1) is 0 Å². The molecular formula is C14H17NO2S. The molecule has 0 aliphatic rings. The van der Waals surface area contributed by atoms with E-state index in [2.05, 4.69) is 29.6 Å². The van der Waals surface area contributed by atoms with Crippen LogP contribution in [0.25, 0.3) is 10.1 Å². The third kappa shape index (κ3) is 3.09. The van der Waals surface area contributed by atoms with Crippen molar-refractivity contribution in [2.24, 2.45) is 5.73 Å². The van der Waals surface area contributed by atoms with Crippen LogP contribution in [0.3, 0.4) is 0 Å². The van der Waals surface area contributed by atoms with Crippen molar-refractivity contribution < 1.29 is 9.90 Å². The summed E-state index contributed by atoms with van der Waals surface area (Å²) in [5.41, 5.74) is 6.83. The molecule has 0 fully saturated rings. The fraction of sp³-hybridized carbons (Fsp3) is 0.357. The first-order chi connectivity index (χ1) is 8.68. The molecule has 0 amide bonds. The van der Waals surface area contributed by atoms with Crippen molar-refractivity contribution in [1.82, 2.24) is 0 Å². The Balaban J connectivity index is 1.85. The van der Waals surface area contributed by atoms with Crippen LogP contribution in [-0.2, 0) is 11.2 Å². The van der Waals surface area contributed by atoms with E-state index in [1.165, 1.54) is 15.6 Å². The van der Waals surface area contributed by atoms with E-state index in [4.69, 9.17) is 10.8 Å². The lowest BCUT2D eigenvalue weighted by Gasteiger charge is -2.05. The third-order valence-electron chi connectivity index (χ3n) is 3.09. The topological polar surface area (TPSA) is 63.3 Å². The van der Waals surface area contributed by atoms with E-state index < -0.39 is 12.0 Å². The van der Waals surface area contributed by atoms with Crippen LogP contribution < -0.4 is 5.73 Å². The molecule has 0 spiro atoms. The van der Waals surface area contributed by atoms with Gasteiger partial charge in [-0.25, -0.2) is 0 Å². The lowest BCUT2D eigenvalue weighted by atomic mass is 10.0. The van der Waals surface area contributed by atoms with Gasteiger partial charge in [-0.1, -0.05) is 24.6 Å². The van der Waals surface area contributed by atoms with Crippen LogP contribution in [0.15, 0.2) is 29.6 Å². The Morgan fingerprint density at radius 3 is 2.89 bits per heavy atom. The quantitative estimate of drug-likeness (QED) is 0.787. The highest BCUT2D eigenvalue weighted by Crippen LogP contribution is 2.26. The number of nitrogens with two attached hydrogens (primary N) is 1. The first-order valence-electron chi connectivity index (χ1n) is 6.12. The van der Waals surface area contributed by atoms with Gasteiger partial charge < -0.3 is 10.8 Å². The molecule has 0 aliphatic heterocycles. The first kappa shape index (κ1) is 13.1. The first-order valence-corrected chi connectivity index (χ1v) is 7.00. The Morgan fingerprint density at radius 1 is 1.33 bits per heavy atom. The van der Waals surface area contributed by atoms with Gasteiger partial charge in [-0.05, 0) is 41.7 Å². The molecule has 3 N–H and O–H groups in total. The van der Waals surface area contributed by atoms with Gasteiger partial charge in [0.05, 0.1) is 0 Å². The van der Waals surface area contributed by atoms with Crippen molar-refractivity contribution in [1.29, 1.82) is 0 Å². The Labute approximate surface area is 110 Å². The summed E-state index contributed by atoms with van der Waals surface area (Å²) in [4.78, 5) is 10.6. The van der Waals surface area contributed by atoms with Gasteiger partial charge in [-0.2, -0.15) is 0 Å². The van der Waals surface area contributed by atoms with Crippen molar-refractivity contribution in [2.45, 2.75) is 31.7 Å². The molecule has 0 radical (unpaired) electrons. The molecule has 96 valence electrons. The molecule has 1 aromatic heterocycles. The summed E-state index contributed by atoms with van der Waals surface area (Å²) in [6.07, 6.45) is 3.40. The Kier molecular flexibility index (Phi) is 4.33. The van der Waals surface area contributed by atoms with E-state index in [-0.39, 0.29) is 0 Å². The maximum absolute atomic E-state index is 10.6. The lowest BCUT2D eigenvalue weighted by molar-refractivity contribution is -0.138. The minimum absolute atomic E-state index is 0.553. The number of carboxylic acids is 1. The highest BCUT2D eigenvalue weighted by Gasteiger charge is 2.10.